The Kier molecular flexibility index (Phi) is 4.16. The van der Waals surface area contributed by atoms with Crippen LogP contribution in [0.2, 0.25) is 0 Å². The normalized spacial score (nSPS) is 11.2. The van der Waals surface area contributed by atoms with Crippen molar-refractivity contribution in [3.8, 4) is 0 Å². The van der Waals surface area contributed by atoms with Crippen molar-refractivity contribution in [1.29, 1.82) is 0 Å². The van der Waals surface area contributed by atoms with Gasteiger partial charge in [0.25, 0.3) is 10.0 Å². The predicted molar refractivity (Wildman–Crippen MR) is 74.8 cm³/mol. The Morgan fingerprint density at radius 3 is 2.45 bits per heavy atom. The van der Waals surface area contributed by atoms with E-state index in [1.807, 2.05) is 0 Å². The zero-order valence-corrected chi connectivity index (χ0v) is 12.2. The van der Waals surface area contributed by atoms with Crippen LogP contribution in [-0.4, -0.2) is 18.4 Å². The molecule has 1 aromatic carbocycles. The molecule has 4 N–H and O–H groups in total. The molecule has 1 heterocycles. The van der Waals surface area contributed by atoms with E-state index in [1.54, 1.807) is 0 Å². The largest absolute Gasteiger partial charge is 0.292 e. The summed E-state index contributed by atoms with van der Waals surface area (Å²) in [7, 11) is -3.89. The highest BCUT2D eigenvalue weighted by Gasteiger charge is 2.16. The third kappa shape index (κ3) is 3.21. The average molecular weight is 362 g/mol. The molecule has 0 aliphatic carbocycles. The second kappa shape index (κ2) is 5.69. The van der Waals surface area contributed by atoms with Gasteiger partial charge in [-0.3, -0.25) is 10.1 Å². The first-order valence-electron chi connectivity index (χ1n) is 5.19. The molecule has 0 fully saturated rings. The molecule has 0 saturated carbocycles. The molecule has 0 amide bonds. The topological polar surface area (TPSA) is 110 Å². The highest BCUT2D eigenvalue weighted by atomic mass is 79.9. The second-order valence-electron chi connectivity index (χ2n) is 3.62. The lowest BCUT2D eigenvalue weighted by molar-refractivity contribution is 0.600. The number of nitrogens with zero attached hydrogens (tertiary/aromatic N) is 2. The molecule has 0 unspecified atom stereocenters. The van der Waals surface area contributed by atoms with E-state index in [0.29, 0.717) is 0 Å². The van der Waals surface area contributed by atoms with Crippen molar-refractivity contribution in [1.82, 2.24) is 9.97 Å². The van der Waals surface area contributed by atoms with Gasteiger partial charge in [-0.25, -0.2) is 28.6 Å². The fourth-order valence-electron chi connectivity index (χ4n) is 1.30. The molecular weight excluding hydrogens is 353 g/mol. The lowest BCUT2D eigenvalue weighted by Gasteiger charge is -2.08. The molecule has 0 spiro atoms. The minimum absolute atomic E-state index is 0.0821. The zero-order chi connectivity index (χ0) is 14.8. The number of hydrazine groups is 1. The molecule has 0 aliphatic heterocycles. The van der Waals surface area contributed by atoms with Gasteiger partial charge in [-0.05, 0) is 34.1 Å². The van der Waals surface area contributed by atoms with Crippen molar-refractivity contribution >= 4 is 37.6 Å². The number of nitrogen functional groups attached to an aromatic ring is 1. The summed E-state index contributed by atoms with van der Waals surface area (Å²) in [5, 5.41) is 0. The number of hydrogen-bond donors (Lipinski definition) is 3. The highest BCUT2D eigenvalue weighted by Crippen LogP contribution is 2.21. The summed E-state index contributed by atoms with van der Waals surface area (Å²) in [4.78, 5) is 7.21. The SMILES string of the molecule is NNc1ncc(S(=O)(=O)Nc2ccc(Br)c(F)c2)cn1. The second-order valence-corrected chi connectivity index (χ2v) is 6.16. The summed E-state index contributed by atoms with van der Waals surface area (Å²) in [5.41, 5.74) is 2.27. The fourth-order valence-corrected chi connectivity index (χ4v) is 2.49. The van der Waals surface area contributed by atoms with Gasteiger partial charge in [0.1, 0.15) is 10.7 Å². The first-order valence-corrected chi connectivity index (χ1v) is 7.46. The average Bonchev–Trinajstić information content (AvgIpc) is 2.43. The smallest absolute Gasteiger partial charge is 0.264 e. The van der Waals surface area contributed by atoms with Crippen LogP contribution in [0.15, 0.2) is 40.0 Å². The zero-order valence-electron chi connectivity index (χ0n) is 9.84. The summed E-state index contributed by atoms with van der Waals surface area (Å²) in [5.74, 6) is 4.58. The Hall–Kier alpha value is -1.78. The Bertz CT molecular complexity index is 723. The van der Waals surface area contributed by atoms with E-state index >= 15 is 0 Å². The summed E-state index contributed by atoms with van der Waals surface area (Å²) < 4.78 is 39.8. The van der Waals surface area contributed by atoms with Crippen LogP contribution in [0.25, 0.3) is 0 Å². The third-order valence-electron chi connectivity index (χ3n) is 2.24. The van der Waals surface area contributed by atoms with Crippen LogP contribution in [0.4, 0.5) is 16.0 Å². The van der Waals surface area contributed by atoms with Crippen molar-refractivity contribution < 1.29 is 12.8 Å². The molecule has 0 radical (unpaired) electrons. The Balaban J connectivity index is 2.27. The third-order valence-corrected chi connectivity index (χ3v) is 4.22. The summed E-state index contributed by atoms with van der Waals surface area (Å²) >= 11 is 2.98. The number of aromatic nitrogens is 2. The van der Waals surface area contributed by atoms with Gasteiger partial charge in [0.05, 0.1) is 22.6 Å². The number of sulfonamides is 1. The molecule has 106 valence electrons. The van der Waals surface area contributed by atoms with Gasteiger partial charge in [0.15, 0.2) is 0 Å². The first-order chi connectivity index (χ1) is 9.42. The van der Waals surface area contributed by atoms with Gasteiger partial charge in [-0.2, -0.15) is 0 Å². The van der Waals surface area contributed by atoms with E-state index in [-0.39, 0.29) is 21.0 Å². The first kappa shape index (κ1) is 14.6. The van der Waals surface area contributed by atoms with Gasteiger partial charge in [-0.1, -0.05) is 0 Å². The number of anilines is 2. The van der Waals surface area contributed by atoms with Crippen LogP contribution in [0.5, 0.6) is 0 Å². The number of rotatable bonds is 4. The van der Waals surface area contributed by atoms with Crippen LogP contribution >= 0.6 is 15.9 Å². The number of benzene rings is 1. The Morgan fingerprint density at radius 2 is 1.90 bits per heavy atom. The molecule has 20 heavy (non-hydrogen) atoms. The maximum atomic E-state index is 13.3. The summed E-state index contributed by atoms with van der Waals surface area (Å²) in [6, 6.07) is 3.87. The standard InChI is InChI=1S/C10H9BrFN5O2S/c11-8-2-1-6(3-9(8)12)17-20(18,19)7-4-14-10(16-13)15-5-7/h1-5,17H,13H2,(H,14,15,16). The van der Waals surface area contributed by atoms with E-state index < -0.39 is 15.8 Å². The van der Waals surface area contributed by atoms with Crippen LogP contribution < -0.4 is 16.0 Å². The number of hydrogen-bond acceptors (Lipinski definition) is 6. The molecule has 0 bridgehead atoms. The van der Waals surface area contributed by atoms with E-state index in [9.17, 15) is 12.8 Å². The van der Waals surface area contributed by atoms with Gasteiger partial charge >= 0.3 is 0 Å². The number of halogens is 2. The van der Waals surface area contributed by atoms with Gasteiger partial charge in [-0.15, -0.1) is 0 Å². The van der Waals surface area contributed by atoms with Gasteiger partial charge in [0, 0.05) is 0 Å². The van der Waals surface area contributed by atoms with Crippen molar-refractivity contribution in [2.75, 3.05) is 10.1 Å². The molecule has 2 aromatic rings. The highest BCUT2D eigenvalue weighted by molar-refractivity contribution is 9.10. The van der Waals surface area contributed by atoms with E-state index in [1.165, 1.54) is 12.1 Å². The van der Waals surface area contributed by atoms with Crippen LogP contribution in [-0.2, 0) is 10.0 Å². The van der Waals surface area contributed by atoms with Crippen LogP contribution in [0, 0.1) is 5.82 Å². The molecule has 10 heteroatoms. The van der Waals surface area contributed by atoms with Gasteiger partial charge in [0.2, 0.25) is 5.95 Å². The minimum atomic E-state index is -3.89. The summed E-state index contributed by atoms with van der Waals surface area (Å²) in [6.07, 6.45) is 2.17. The van der Waals surface area contributed by atoms with Crippen molar-refractivity contribution in [3.63, 3.8) is 0 Å². The minimum Gasteiger partial charge on any atom is -0.292 e. The van der Waals surface area contributed by atoms with Crippen LogP contribution in [0.1, 0.15) is 0 Å². The Morgan fingerprint density at radius 1 is 1.25 bits per heavy atom. The quantitative estimate of drug-likeness (QED) is 0.561. The molecule has 7 nitrogen and oxygen atoms in total. The lowest BCUT2D eigenvalue weighted by Crippen LogP contribution is -2.15. The van der Waals surface area contributed by atoms with E-state index in [0.717, 1.165) is 18.5 Å². The molecule has 2 rings (SSSR count). The predicted octanol–water partition coefficient (Wildman–Crippen LogP) is 1.46. The molecular formula is C10H9BrFN5O2S. The maximum absolute atomic E-state index is 13.3. The van der Waals surface area contributed by atoms with Crippen molar-refractivity contribution in [2.45, 2.75) is 4.90 Å². The number of nitrogens with two attached hydrogens (primary N) is 1. The lowest BCUT2D eigenvalue weighted by atomic mass is 10.3. The van der Waals surface area contributed by atoms with Crippen LogP contribution in [0.3, 0.4) is 0 Å². The summed E-state index contributed by atoms with van der Waals surface area (Å²) in [6.45, 7) is 0. The monoisotopic (exact) mass is 361 g/mol. The van der Waals surface area contributed by atoms with E-state index in [2.05, 4.69) is 36.0 Å². The van der Waals surface area contributed by atoms with Crippen molar-refractivity contribution in [3.05, 3.63) is 40.9 Å². The molecule has 0 saturated heterocycles. The van der Waals surface area contributed by atoms with Crippen molar-refractivity contribution in [2.24, 2.45) is 5.84 Å². The molecule has 0 atom stereocenters. The maximum Gasteiger partial charge on any atom is 0.264 e. The number of nitrogens with one attached hydrogen (secondary N) is 2. The molecule has 1 aromatic heterocycles. The molecule has 0 aliphatic rings. The Labute approximate surface area is 122 Å². The van der Waals surface area contributed by atoms with Gasteiger partial charge < -0.3 is 0 Å². The fraction of sp³-hybridized carbons (Fsp3) is 0. The van der Waals surface area contributed by atoms with E-state index in [4.69, 9.17) is 5.84 Å².